The molecule has 0 unspecified atom stereocenters. The van der Waals surface area contributed by atoms with Gasteiger partial charge in [0.25, 0.3) is 0 Å². The van der Waals surface area contributed by atoms with E-state index in [0.29, 0.717) is 34.4 Å². The summed E-state index contributed by atoms with van der Waals surface area (Å²) in [4.78, 5) is 11.1. The van der Waals surface area contributed by atoms with Gasteiger partial charge in [0, 0.05) is 40.9 Å². The molecule has 4 rings (SSSR count). The van der Waals surface area contributed by atoms with E-state index in [9.17, 15) is 9.18 Å². The first-order valence-electron chi connectivity index (χ1n) is 9.58. The quantitative estimate of drug-likeness (QED) is 0.406. The molecule has 5 nitrogen and oxygen atoms in total. The molecule has 0 fully saturated rings. The van der Waals surface area contributed by atoms with Crippen molar-refractivity contribution < 1.29 is 18.7 Å². The number of benzene rings is 3. The lowest BCUT2D eigenvalue weighted by molar-refractivity contribution is -0.136. The van der Waals surface area contributed by atoms with E-state index < -0.39 is 5.97 Å². The molecular formula is C24H21FN2O3. The highest BCUT2D eigenvalue weighted by Crippen LogP contribution is 2.34. The van der Waals surface area contributed by atoms with Gasteiger partial charge in [-0.2, -0.15) is 0 Å². The summed E-state index contributed by atoms with van der Waals surface area (Å²) < 4.78 is 20.6. The minimum Gasteiger partial charge on any atom is -0.481 e. The number of halogens is 1. The Kier molecular flexibility index (Phi) is 5.50. The van der Waals surface area contributed by atoms with Crippen molar-refractivity contribution in [1.82, 2.24) is 0 Å². The van der Waals surface area contributed by atoms with E-state index in [2.05, 4.69) is 5.32 Å². The van der Waals surface area contributed by atoms with Crippen LogP contribution in [0.1, 0.15) is 16.7 Å². The maximum atomic E-state index is 15.0. The number of carboxylic acid groups (broad SMARTS) is 1. The van der Waals surface area contributed by atoms with Crippen molar-refractivity contribution in [1.29, 1.82) is 0 Å². The largest absolute Gasteiger partial charge is 0.481 e. The van der Waals surface area contributed by atoms with Crippen LogP contribution in [0.25, 0.3) is 22.1 Å². The number of furan rings is 1. The Morgan fingerprint density at radius 2 is 1.83 bits per heavy atom. The van der Waals surface area contributed by atoms with Gasteiger partial charge in [-0.05, 0) is 35.4 Å². The Labute approximate surface area is 172 Å². The van der Waals surface area contributed by atoms with E-state index in [1.807, 2.05) is 36.4 Å². The van der Waals surface area contributed by atoms with Crippen molar-refractivity contribution in [2.24, 2.45) is 5.73 Å². The molecule has 0 aliphatic carbocycles. The molecule has 0 aliphatic rings. The predicted molar refractivity (Wildman–Crippen MR) is 115 cm³/mol. The van der Waals surface area contributed by atoms with Gasteiger partial charge in [0.1, 0.15) is 11.4 Å². The highest BCUT2D eigenvalue weighted by atomic mass is 19.1. The fourth-order valence-electron chi connectivity index (χ4n) is 3.60. The zero-order valence-corrected chi connectivity index (χ0v) is 16.2. The smallest absolute Gasteiger partial charge is 0.307 e. The van der Waals surface area contributed by atoms with Crippen LogP contribution in [0, 0.1) is 5.82 Å². The van der Waals surface area contributed by atoms with Crippen LogP contribution in [0.2, 0.25) is 0 Å². The second-order valence-corrected chi connectivity index (χ2v) is 7.05. The van der Waals surface area contributed by atoms with Crippen molar-refractivity contribution in [3.05, 3.63) is 89.4 Å². The Balaban J connectivity index is 1.70. The van der Waals surface area contributed by atoms with Crippen LogP contribution < -0.4 is 11.1 Å². The van der Waals surface area contributed by atoms with Gasteiger partial charge in [0.05, 0.1) is 12.7 Å². The molecule has 4 N–H and O–H groups in total. The van der Waals surface area contributed by atoms with E-state index >= 15 is 0 Å². The van der Waals surface area contributed by atoms with Gasteiger partial charge in [0.2, 0.25) is 0 Å². The average molecular weight is 404 g/mol. The van der Waals surface area contributed by atoms with Gasteiger partial charge < -0.3 is 20.6 Å². The molecule has 0 saturated carbocycles. The topological polar surface area (TPSA) is 88.5 Å². The molecule has 4 aromatic rings. The number of carbonyl (C=O) groups is 1. The molecule has 1 heterocycles. The van der Waals surface area contributed by atoms with Crippen LogP contribution in [0.3, 0.4) is 0 Å². The van der Waals surface area contributed by atoms with Crippen LogP contribution in [0.4, 0.5) is 10.1 Å². The second-order valence-electron chi connectivity index (χ2n) is 7.05. The first-order chi connectivity index (χ1) is 14.6. The third-order valence-electron chi connectivity index (χ3n) is 5.04. The van der Waals surface area contributed by atoms with Gasteiger partial charge in [-0.15, -0.1) is 0 Å². The number of para-hydroxylation sites is 1. The van der Waals surface area contributed by atoms with Crippen LogP contribution >= 0.6 is 0 Å². The van der Waals surface area contributed by atoms with Gasteiger partial charge in [-0.1, -0.05) is 36.4 Å². The van der Waals surface area contributed by atoms with Gasteiger partial charge in [0.15, 0.2) is 0 Å². The molecule has 3 aromatic carbocycles. The van der Waals surface area contributed by atoms with E-state index in [-0.39, 0.29) is 18.8 Å². The minimum atomic E-state index is -0.887. The van der Waals surface area contributed by atoms with Crippen molar-refractivity contribution in [2.75, 3.05) is 5.32 Å². The summed E-state index contributed by atoms with van der Waals surface area (Å²) >= 11 is 0. The number of fused-ring (bicyclic) bond motifs is 1. The van der Waals surface area contributed by atoms with Gasteiger partial charge in [-0.25, -0.2) is 4.39 Å². The van der Waals surface area contributed by atoms with E-state index in [1.54, 1.807) is 30.5 Å². The van der Waals surface area contributed by atoms with Gasteiger partial charge >= 0.3 is 5.97 Å². The summed E-state index contributed by atoms with van der Waals surface area (Å²) in [5.41, 5.74) is 10.2. The summed E-state index contributed by atoms with van der Waals surface area (Å²) in [5, 5.41) is 13.3. The zero-order chi connectivity index (χ0) is 21.1. The van der Waals surface area contributed by atoms with Crippen LogP contribution in [-0.4, -0.2) is 11.1 Å². The van der Waals surface area contributed by atoms with Crippen LogP contribution in [0.15, 0.2) is 71.3 Å². The fraction of sp³-hybridized carbons (Fsp3) is 0.125. The van der Waals surface area contributed by atoms with E-state index in [0.717, 1.165) is 16.6 Å². The Morgan fingerprint density at radius 1 is 1.03 bits per heavy atom. The Hall–Kier alpha value is -3.64. The number of hydrogen-bond acceptors (Lipinski definition) is 4. The highest BCUT2D eigenvalue weighted by molar-refractivity contribution is 5.93. The van der Waals surface area contributed by atoms with Crippen LogP contribution in [-0.2, 0) is 24.3 Å². The van der Waals surface area contributed by atoms with Crippen molar-refractivity contribution >= 4 is 22.6 Å². The number of nitrogens with one attached hydrogen (secondary N) is 1. The number of aliphatic carboxylic acids is 1. The molecule has 0 spiro atoms. The molecular weight excluding hydrogens is 383 g/mol. The maximum Gasteiger partial charge on any atom is 0.307 e. The molecule has 0 saturated heterocycles. The lowest BCUT2D eigenvalue weighted by atomic mass is 9.98. The SMILES string of the molecule is NCc1cccc(-c2cc(CNc3ccccc3CC(=O)O)cc3ccoc23)c1F. The Morgan fingerprint density at radius 3 is 2.63 bits per heavy atom. The third kappa shape index (κ3) is 3.90. The van der Waals surface area contributed by atoms with Crippen LogP contribution in [0.5, 0.6) is 0 Å². The van der Waals surface area contributed by atoms with Gasteiger partial charge in [-0.3, -0.25) is 4.79 Å². The number of anilines is 1. The summed E-state index contributed by atoms with van der Waals surface area (Å²) in [6.45, 7) is 0.561. The lowest BCUT2D eigenvalue weighted by Crippen LogP contribution is -2.06. The normalized spacial score (nSPS) is 11.0. The summed E-state index contributed by atoms with van der Waals surface area (Å²) in [7, 11) is 0. The first kappa shape index (κ1) is 19.7. The number of nitrogens with two attached hydrogens (primary N) is 1. The van der Waals surface area contributed by atoms with E-state index in [4.69, 9.17) is 15.3 Å². The first-order valence-corrected chi connectivity index (χ1v) is 9.58. The summed E-state index contributed by atoms with van der Waals surface area (Å²) in [5.74, 6) is -1.24. The molecule has 152 valence electrons. The van der Waals surface area contributed by atoms with E-state index in [1.165, 1.54) is 0 Å². The molecule has 1 aromatic heterocycles. The molecule has 0 radical (unpaired) electrons. The predicted octanol–water partition coefficient (Wildman–Crippen LogP) is 4.94. The standard InChI is InChI=1S/C24H21FN2O3/c25-23-18(13-26)5-3-6-19(23)20-11-15(10-17-8-9-30-24(17)20)14-27-21-7-2-1-4-16(21)12-22(28)29/h1-11,27H,12-14,26H2,(H,28,29). The average Bonchev–Trinajstić information content (AvgIpc) is 3.21. The number of carboxylic acids is 1. The second kappa shape index (κ2) is 8.39. The summed E-state index contributed by atoms with van der Waals surface area (Å²) in [6.07, 6.45) is 1.52. The molecule has 0 amide bonds. The van der Waals surface area contributed by atoms with Crippen molar-refractivity contribution in [3.8, 4) is 11.1 Å². The molecule has 6 heteroatoms. The van der Waals surface area contributed by atoms with Crippen molar-refractivity contribution in [3.63, 3.8) is 0 Å². The number of rotatable bonds is 7. The zero-order valence-electron chi connectivity index (χ0n) is 16.2. The molecule has 30 heavy (non-hydrogen) atoms. The molecule has 0 aliphatic heterocycles. The molecule has 0 bridgehead atoms. The minimum absolute atomic E-state index is 0.0632. The molecule has 0 atom stereocenters. The monoisotopic (exact) mass is 404 g/mol. The third-order valence-corrected chi connectivity index (χ3v) is 5.04. The highest BCUT2D eigenvalue weighted by Gasteiger charge is 2.15. The number of hydrogen-bond donors (Lipinski definition) is 3. The Bertz CT molecular complexity index is 1220. The van der Waals surface area contributed by atoms with Crippen molar-refractivity contribution in [2.45, 2.75) is 19.5 Å². The summed E-state index contributed by atoms with van der Waals surface area (Å²) in [6, 6.07) is 18.2. The lowest BCUT2D eigenvalue weighted by Gasteiger charge is -2.13. The maximum absolute atomic E-state index is 15.0. The fourth-order valence-corrected chi connectivity index (χ4v) is 3.60.